The largest absolute Gasteiger partial charge is 0.337 e. The van der Waals surface area contributed by atoms with E-state index < -0.39 is 0 Å². The zero-order chi connectivity index (χ0) is 15.5. The highest BCUT2D eigenvalue weighted by Gasteiger charge is 2.03. The third kappa shape index (κ3) is 2.77. The second kappa shape index (κ2) is 5.89. The van der Waals surface area contributed by atoms with Crippen LogP contribution in [0.5, 0.6) is 0 Å². The minimum Gasteiger partial charge on any atom is -0.337 e. The van der Waals surface area contributed by atoms with E-state index in [0.717, 1.165) is 33.7 Å². The lowest BCUT2D eigenvalue weighted by Gasteiger charge is -2.04. The van der Waals surface area contributed by atoms with Crippen LogP contribution < -0.4 is 0 Å². The van der Waals surface area contributed by atoms with Crippen LogP contribution >= 0.6 is 0 Å². The Kier molecular flexibility index (Phi) is 3.45. The van der Waals surface area contributed by atoms with Crippen LogP contribution in [0.25, 0.3) is 22.2 Å². The summed E-state index contributed by atoms with van der Waals surface area (Å²) >= 11 is 0. The van der Waals surface area contributed by atoms with Gasteiger partial charge in [-0.1, -0.05) is 60.7 Å². The van der Waals surface area contributed by atoms with Crippen LogP contribution in [-0.2, 0) is 0 Å². The van der Waals surface area contributed by atoms with Gasteiger partial charge in [0, 0.05) is 5.56 Å². The Hall–Kier alpha value is -3.20. The van der Waals surface area contributed by atoms with Crippen LogP contribution in [0.4, 0.5) is 5.69 Å². The smallest absolute Gasteiger partial charge is 0.149 e. The molecule has 4 rings (SSSR count). The Balaban J connectivity index is 1.71. The molecule has 4 aromatic rings. The summed E-state index contributed by atoms with van der Waals surface area (Å²) in [4.78, 5) is 12.4. The van der Waals surface area contributed by atoms with Crippen LogP contribution in [0.15, 0.2) is 83.9 Å². The fraction of sp³-hybridized carbons (Fsp3) is 0. The number of hydrogen-bond acceptors (Lipinski definition) is 2. The fourth-order valence-corrected chi connectivity index (χ4v) is 2.61. The van der Waals surface area contributed by atoms with Crippen molar-refractivity contribution >= 4 is 22.9 Å². The minimum atomic E-state index is 0.758. The molecule has 3 heteroatoms. The van der Waals surface area contributed by atoms with Crippen molar-refractivity contribution in [3.05, 3.63) is 84.7 Å². The van der Waals surface area contributed by atoms with Crippen molar-refractivity contribution in [2.75, 3.05) is 0 Å². The van der Waals surface area contributed by atoms with Gasteiger partial charge in [-0.2, -0.15) is 0 Å². The number of nitrogens with one attached hydrogen (secondary N) is 1. The third-order valence-electron chi connectivity index (χ3n) is 3.72. The van der Waals surface area contributed by atoms with E-state index in [2.05, 4.69) is 33.2 Å². The number of hydrogen-bond donors (Lipinski definition) is 1. The van der Waals surface area contributed by atoms with Crippen molar-refractivity contribution in [1.29, 1.82) is 0 Å². The number of H-pyrrole nitrogens is 1. The van der Waals surface area contributed by atoms with E-state index in [4.69, 9.17) is 0 Å². The summed E-state index contributed by atoms with van der Waals surface area (Å²) in [5, 5.41) is 0. The van der Waals surface area contributed by atoms with Crippen LogP contribution in [0.2, 0.25) is 0 Å². The van der Waals surface area contributed by atoms with E-state index in [0.29, 0.717) is 0 Å². The number of aromatic amines is 1. The molecule has 0 bridgehead atoms. The molecule has 0 radical (unpaired) electrons. The third-order valence-corrected chi connectivity index (χ3v) is 3.72. The zero-order valence-corrected chi connectivity index (χ0v) is 12.5. The van der Waals surface area contributed by atoms with Gasteiger partial charge in [0.1, 0.15) is 5.82 Å². The Morgan fingerprint density at radius 1 is 0.783 bits per heavy atom. The number of aliphatic imine (C=N–C) groups is 1. The molecule has 0 saturated heterocycles. The first-order valence-electron chi connectivity index (χ1n) is 7.53. The van der Waals surface area contributed by atoms with Gasteiger partial charge in [0.05, 0.1) is 22.9 Å². The molecule has 1 aromatic heterocycles. The summed E-state index contributed by atoms with van der Waals surface area (Å²) in [5.41, 5.74) is 5.17. The maximum atomic E-state index is 4.63. The average molecular weight is 297 g/mol. The average Bonchev–Trinajstić information content (AvgIpc) is 3.04. The molecule has 0 unspecified atom stereocenters. The van der Waals surface area contributed by atoms with Crippen molar-refractivity contribution < 1.29 is 0 Å². The summed E-state index contributed by atoms with van der Waals surface area (Å²) < 4.78 is 0. The van der Waals surface area contributed by atoms with E-state index in [1.165, 1.54) is 0 Å². The van der Waals surface area contributed by atoms with Gasteiger partial charge in [0.2, 0.25) is 0 Å². The van der Waals surface area contributed by atoms with Gasteiger partial charge < -0.3 is 4.98 Å². The normalized spacial score (nSPS) is 11.3. The van der Waals surface area contributed by atoms with E-state index in [1.54, 1.807) is 6.21 Å². The highest BCUT2D eigenvalue weighted by atomic mass is 14.9. The van der Waals surface area contributed by atoms with Gasteiger partial charge in [0.15, 0.2) is 0 Å². The quantitative estimate of drug-likeness (QED) is 0.532. The fourth-order valence-electron chi connectivity index (χ4n) is 2.61. The van der Waals surface area contributed by atoms with E-state index in [9.17, 15) is 0 Å². The second-order valence-corrected chi connectivity index (χ2v) is 5.28. The van der Waals surface area contributed by atoms with Crippen molar-refractivity contribution in [3.63, 3.8) is 0 Å². The first kappa shape index (κ1) is 13.5. The molecular formula is C20H15N3. The summed E-state index contributed by atoms with van der Waals surface area (Å²) in [5.74, 6) is 0.758. The van der Waals surface area contributed by atoms with Gasteiger partial charge in [-0.25, -0.2) is 4.98 Å². The van der Waals surface area contributed by atoms with Crippen LogP contribution in [0, 0.1) is 0 Å². The molecule has 110 valence electrons. The summed E-state index contributed by atoms with van der Waals surface area (Å²) in [6.07, 6.45) is 1.78. The standard InChI is InChI=1S/C20H15N3/c1-2-8-15(9-3-1)16-10-4-5-11-17(16)21-14-20-22-18-12-6-7-13-19(18)23-20/h1-14H,(H,22,23). The Labute approximate surface area is 134 Å². The molecule has 0 aliphatic rings. The molecule has 23 heavy (non-hydrogen) atoms. The topological polar surface area (TPSA) is 41.0 Å². The van der Waals surface area contributed by atoms with Crippen molar-refractivity contribution in [2.45, 2.75) is 0 Å². The Morgan fingerprint density at radius 2 is 1.52 bits per heavy atom. The predicted molar refractivity (Wildman–Crippen MR) is 95.2 cm³/mol. The lowest BCUT2D eigenvalue weighted by molar-refractivity contribution is 1.30. The number of nitrogens with zero attached hydrogens (tertiary/aromatic N) is 2. The van der Waals surface area contributed by atoms with Gasteiger partial charge in [-0.3, -0.25) is 4.99 Å². The lowest BCUT2D eigenvalue weighted by atomic mass is 10.0. The Bertz CT molecular complexity index is 935. The summed E-state index contributed by atoms with van der Waals surface area (Å²) in [7, 11) is 0. The van der Waals surface area contributed by atoms with Crippen LogP contribution in [0.3, 0.4) is 0 Å². The first-order chi connectivity index (χ1) is 11.4. The number of fused-ring (bicyclic) bond motifs is 1. The molecule has 3 nitrogen and oxygen atoms in total. The zero-order valence-electron chi connectivity index (χ0n) is 12.5. The maximum Gasteiger partial charge on any atom is 0.149 e. The molecule has 0 saturated carbocycles. The highest BCUT2D eigenvalue weighted by molar-refractivity contribution is 5.87. The number of imidazole rings is 1. The molecule has 0 aliphatic carbocycles. The number of benzene rings is 3. The van der Waals surface area contributed by atoms with Crippen LogP contribution in [0.1, 0.15) is 5.82 Å². The van der Waals surface area contributed by atoms with Gasteiger partial charge in [-0.15, -0.1) is 0 Å². The molecule has 0 atom stereocenters. The summed E-state index contributed by atoms with van der Waals surface area (Å²) in [6.45, 7) is 0. The van der Waals surface area contributed by atoms with E-state index in [1.807, 2.05) is 60.7 Å². The molecular weight excluding hydrogens is 282 g/mol. The second-order valence-electron chi connectivity index (χ2n) is 5.28. The Morgan fingerprint density at radius 3 is 2.39 bits per heavy atom. The predicted octanol–water partition coefficient (Wildman–Crippen LogP) is 4.98. The SMILES string of the molecule is C(=Nc1ccccc1-c1ccccc1)c1nc2ccccc2[nH]1. The highest BCUT2D eigenvalue weighted by Crippen LogP contribution is 2.29. The molecule has 0 aliphatic heterocycles. The van der Waals surface area contributed by atoms with Crippen molar-refractivity contribution in [1.82, 2.24) is 9.97 Å². The first-order valence-corrected chi connectivity index (χ1v) is 7.53. The van der Waals surface area contributed by atoms with Gasteiger partial charge >= 0.3 is 0 Å². The molecule has 1 N–H and O–H groups in total. The van der Waals surface area contributed by atoms with E-state index >= 15 is 0 Å². The van der Waals surface area contributed by atoms with Crippen molar-refractivity contribution in [2.24, 2.45) is 4.99 Å². The lowest BCUT2D eigenvalue weighted by Crippen LogP contribution is -1.84. The number of aromatic nitrogens is 2. The minimum absolute atomic E-state index is 0.758. The molecule has 0 spiro atoms. The van der Waals surface area contributed by atoms with Gasteiger partial charge in [0.25, 0.3) is 0 Å². The van der Waals surface area contributed by atoms with Gasteiger partial charge in [-0.05, 0) is 23.8 Å². The van der Waals surface area contributed by atoms with E-state index in [-0.39, 0.29) is 0 Å². The number of rotatable bonds is 3. The van der Waals surface area contributed by atoms with Crippen molar-refractivity contribution in [3.8, 4) is 11.1 Å². The monoisotopic (exact) mass is 297 g/mol. The number of para-hydroxylation sites is 3. The molecule has 0 amide bonds. The molecule has 3 aromatic carbocycles. The molecule has 1 heterocycles. The maximum absolute atomic E-state index is 4.63. The summed E-state index contributed by atoms with van der Waals surface area (Å²) in [6, 6.07) is 26.4. The van der Waals surface area contributed by atoms with Crippen LogP contribution in [-0.4, -0.2) is 16.2 Å². The molecule has 0 fully saturated rings.